The van der Waals surface area contributed by atoms with Crippen molar-refractivity contribution in [1.82, 2.24) is 4.90 Å². The van der Waals surface area contributed by atoms with Crippen molar-refractivity contribution in [2.24, 2.45) is 16.2 Å². The van der Waals surface area contributed by atoms with Crippen LogP contribution in [-0.2, 0) is 24.8 Å². The van der Waals surface area contributed by atoms with E-state index >= 15 is 0 Å². The third-order valence-corrected chi connectivity index (χ3v) is 8.74. The molecule has 1 saturated carbocycles. The Bertz CT molecular complexity index is 1280. The smallest absolute Gasteiger partial charge is 0.286 e. The number of fused-ring (bicyclic) bond motifs is 1. The molecule has 0 saturated heterocycles. The van der Waals surface area contributed by atoms with Crippen molar-refractivity contribution >= 4 is 43.2 Å². The van der Waals surface area contributed by atoms with Crippen LogP contribution >= 0.6 is 0 Å². The molecule has 2 atom stereocenters. The molecular formula is C22H30N4O6S2. The van der Waals surface area contributed by atoms with Crippen LogP contribution in [0.5, 0.6) is 0 Å². The molecule has 34 heavy (non-hydrogen) atoms. The quantitative estimate of drug-likeness (QED) is 0.552. The fraction of sp³-hybridized carbons (Fsp3) is 0.545. The van der Waals surface area contributed by atoms with Crippen molar-refractivity contribution in [3.05, 3.63) is 29.5 Å². The molecule has 0 unspecified atom stereocenters. The first-order chi connectivity index (χ1) is 15.9. The van der Waals surface area contributed by atoms with E-state index in [0.29, 0.717) is 12.5 Å². The highest BCUT2D eigenvalue weighted by Gasteiger charge is 2.42. The number of nitrogens with zero attached hydrogens (tertiary/aromatic N) is 2. The minimum Gasteiger partial charge on any atom is -0.511 e. The Labute approximate surface area is 200 Å². The molecule has 0 spiro atoms. The number of aliphatic hydroxyl groups is 1. The Morgan fingerprint density at radius 2 is 1.88 bits per heavy atom. The van der Waals surface area contributed by atoms with Gasteiger partial charge in [-0.2, -0.15) is 8.42 Å². The summed E-state index contributed by atoms with van der Waals surface area (Å²) in [6.45, 7) is 4.24. The second-order valence-electron chi connectivity index (χ2n) is 9.38. The number of carbonyl (C=O) groups is 1. The van der Waals surface area contributed by atoms with Crippen molar-refractivity contribution < 1.29 is 26.7 Å². The zero-order valence-corrected chi connectivity index (χ0v) is 21.0. The summed E-state index contributed by atoms with van der Waals surface area (Å²) in [4.78, 5) is 15.0. The Kier molecular flexibility index (Phi) is 6.40. The van der Waals surface area contributed by atoms with Gasteiger partial charge < -0.3 is 15.3 Å². The van der Waals surface area contributed by atoms with Crippen LogP contribution in [0.15, 0.2) is 38.8 Å². The van der Waals surface area contributed by atoms with E-state index in [1.54, 1.807) is 11.8 Å². The normalized spacial score (nSPS) is 25.4. The van der Waals surface area contributed by atoms with E-state index in [2.05, 4.69) is 14.4 Å². The standard InChI is InChI=1S/C22H30N4O6S2/c1-13-14(2)26(12-15-7-5-4-6-8-15)22(28)19(20(13)27)21-23-17-10-9-16(24-33(3,29)30)11-18(17)34(31,32)25-21/h9-11,13-15,24,27H,4-8,12H2,1-3H3,(H,23,25)/t13-,14+/m1/s1. The Morgan fingerprint density at radius 1 is 1.21 bits per heavy atom. The molecule has 4 rings (SSSR count). The Morgan fingerprint density at radius 3 is 2.53 bits per heavy atom. The number of amides is 1. The summed E-state index contributed by atoms with van der Waals surface area (Å²) in [6.07, 6.45) is 6.50. The van der Waals surface area contributed by atoms with Gasteiger partial charge in [-0.15, -0.1) is 4.40 Å². The van der Waals surface area contributed by atoms with Gasteiger partial charge in [-0.25, -0.2) is 8.42 Å². The van der Waals surface area contributed by atoms with E-state index in [0.717, 1.165) is 38.0 Å². The lowest BCUT2D eigenvalue weighted by Gasteiger charge is -2.41. The maximum absolute atomic E-state index is 13.5. The number of amidine groups is 1. The average Bonchev–Trinajstić information content (AvgIpc) is 2.75. The second kappa shape index (κ2) is 8.88. The topological polar surface area (TPSA) is 145 Å². The summed E-state index contributed by atoms with van der Waals surface area (Å²) in [5, 5.41) is 13.7. The third-order valence-electron chi connectivity index (χ3n) is 6.82. The molecule has 1 amide bonds. The van der Waals surface area contributed by atoms with Gasteiger partial charge in [0.1, 0.15) is 16.2 Å². The number of rotatable bonds is 5. The van der Waals surface area contributed by atoms with E-state index in [1.807, 2.05) is 6.92 Å². The lowest BCUT2D eigenvalue weighted by Crippen LogP contribution is -2.51. The highest BCUT2D eigenvalue weighted by Crippen LogP contribution is 2.36. The molecule has 0 aromatic heterocycles. The van der Waals surface area contributed by atoms with Gasteiger partial charge in [0, 0.05) is 24.2 Å². The van der Waals surface area contributed by atoms with E-state index in [4.69, 9.17) is 0 Å². The van der Waals surface area contributed by atoms with Crippen LogP contribution < -0.4 is 10.0 Å². The lowest BCUT2D eigenvalue weighted by atomic mass is 9.85. The summed E-state index contributed by atoms with van der Waals surface area (Å²) < 4.78 is 55.0. The molecule has 3 N–H and O–H groups in total. The Hall–Kier alpha value is -2.60. The second-order valence-corrected chi connectivity index (χ2v) is 12.7. The van der Waals surface area contributed by atoms with Crippen LogP contribution in [0.3, 0.4) is 0 Å². The van der Waals surface area contributed by atoms with Crippen LogP contribution in [0.2, 0.25) is 0 Å². The largest absolute Gasteiger partial charge is 0.511 e. The fourth-order valence-corrected chi connectivity index (χ4v) is 6.53. The molecule has 2 heterocycles. The number of hydrogen-bond donors (Lipinski definition) is 3. The van der Waals surface area contributed by atoms with E-state index in [-0.39, 0.29) is 39.5 Å². The summed E-state index contributed by atoms with van der Waals surface area (Å²) in [5.74, 6) is -0.899. The molecule has 2 aliphatic heterocycles. The molecule has 12 heteroatoms. The van der Waals surface area contributed by atoms with Crippen LogP contribution in [0.4, 0.5) is 11.4 Å². The fourth-order valence-electron chi connectivity index (χ4n) is 4.83. The third kappa shape index (κ3) is 4.78. The molecule has 1 aromatic rings. The van der Waals surface area contributed by atoms with Crippen LogP contribution in [-0.4, -0.2) is 57.4 Å². The van der Waals surface area contributed by atoms with Crippen molar-refractivity contribution in [2.45, 2.75) is 56.9 Å². The van der Waals surface area contributed by atoms with Crippen molar-refractivity contribution in [1.29, 1.82) is 0 Å². The molecular weight excluding hydrogens is 480 g/mol. The SMILES string of the molecule is C[C@H]1C(O)=C(C2=NS(=O)(=O)c3cc(NS(C)(=O)=O)ccc3N2)C(=O)N(CC2CCCCC2)[C@H]1C. The van der Waals surface area contributed by atoms with Gasteiger partial charge in [0.25, 0.3) is 15.9 Å². The van der Waals surface area contributed by atoms with Gasteiger partial charge in [-0.3, -0.25) is 9.52 Å². The first-order valence-corrected chi connectivity index (χ1v) is 14.7. The number of sulfonamides is 2. The predicted molar refractivity (Wildman–Crippen MR) is 130 cm³/mol. The lowest BCUT2D eigenvalue weighted by molar-refractivity contribution is -0.132. The summed E-state index contributed by atoms with van der Waals surface area (Å²) in [5.41, 5.74) is 0.0680. The number of nitrogens with one attached hydrogen (secondary N) is 2. The molecule has 0 bridgehead atoms. The minimum absolute atomic E-state index is 0.0715. The Balaban J connectivity index is 1.69. The molecule has 0 radical (unpaired) electrons. The highest BCUT2D eigenvalue weighted by molar-refractivity contribution is 7.92. The highest BCUT2D eigenvalue weighted by atomic mass is 32.2. The van der Waals surface area contributed by atoms with Gasteiger partial charge in [0.2, 0.25) is 10.0 Å². The molecule has 186 valence electrons. The maximum Gasteiger partial charge on any atom is 0.286 e. The van der Waals surface area contributed by atoms with Gasteiger partial charge in [-0.05, 0) is 43.9 Å². The summed E-state index contributed by atoms with van der Waals surface area (Å²) in [6, 6.07) is 3.72. The molecule has 10 nitrogen and oxygen atoms in total. The number of carbonyl (C=O) groups excluding carboxylic acids is 1. The zero-order valence-electron chi connectivity index (χ0n) is 19.4. The van der Waals surface area contributed by atoms with E-state index in [9.17, 15) is 26.7 Å². The zero-order chi connectivity index (χ0) is 24.8. The minimum atomic E-state index is -4.27. The van der Waals surface area contributed by atoms with Crippen LogP contribution in [0.25, 0.3) is 0 Å². The van der Waals surface area contributed by atoms with Gasteiger partial charge >= 0.3 is 0 Å². The van der Waals surface area contributed by atoms with Crippen molar-refractivity contribution in [2.75, 3.05) is 22.8 Å². The number of aliphatic hydroxyl groups excluding tert-OH is 1. The van der Waals surface area contributed by atoms with Gasteiger partial charge in [0.05, 0.1) is 11.9 Å². The maximum atomic E-state index is 13.5. The molecule has 3 aliphatic rings. The van der Waals surface area contributed by atoms with E-state index < -0.39 is 31.9 Å². The van der Waals surface area contributed by atoms with Crippen LogP contribution in [0, 0.1) is 11.8 Å². The van der Waals surface area contributed by atoms with Crippen molar-refractivity contribution in [3.8, 4) is 0 Å². The first kappa shape index (κ1) is 24.5. The van der Waals surface area contributed by atoms with Gasteiger partial charge in [-0.1, -0.05) is 26.2 Å². The number of hydrogen-bond acceptors (Lipinski definition) is 7. The van der Waals surface area contributed by atoms with Crippen LogP contribution in [0.1, 0.15) is 46.0 Å². The number of benzene rings is 1. The summed E-state index contributed by atoms with van der Waals surface area (Å²) >= 11 is 0. The predicted octanol–water partition coefficient (Wildman–Crippen LogP) is 2.83. The summed E-state index contributed by atoms with van der Waals surface area (Å²) in [7, 11) is -7.87. The van der Waals surface area contributed by atoms with Gasteiger partial charge in [0.15, 0.2) is 5.84 Å². The first-order valence-electron chi connectivity index (χ1n) is 11.4. The molecule has 1 aliphatic carbocycles. The van der Waals surface area contributed by atoms with E-state index in [1.165, 1.54) is 18.6 Å². The molecule has 1 fully saturated rings. The average molecular weight is 511 g/mol. The number of anilines is 2. The van der Waals surface area contributed by atoms with Crippen molar-refractivity contribution in [3.63, 3.8) is 0 Å². The molecule has 1 aromatic carbocycles. The monoisotopic (exact) mass is 510 g/mol.